The highest BCUT2D eigenvalue weighted by Crippen LogP contribution is 2.25. The van der Waals surface area contributed by atoms with E-state index in [9.17, 15) is 19.2 Å². The molecule has 0 aliphatic heterocycles. The second kappa shape index (κ2) is 14.4. The van der Waals surface area contributed by atoms with E-state index in [1.165, 1.54) is 18.7 Å². The normalized spacial score (nSPS) is 11.7. The van der Waals surface area contributed by atoms with Crippen LogP contribution in [0.2, 0.25) is 0 Å². The summed E-state index contributed by atoms with van der Waals surface area (Å²) in [7, 11) is 3.49. The van der Waals surface area contributed by atoms with Crippen LogP contribution in [-0.4, -0.2) is 48.3 Å². The van der Waals surface area contributed by atoms with Crippen LogP contribution in [0.4, 0.5) is 0 Å². The van der Waals surface area contributed by atoms with E-state index in [1.54, 1.807) is 48.0 Å². The minimum atomic E-state index is -0.308. The SMILES string of the molecule is Cn1c2cnn(Cc3ccc(-c4cccc(Cn5ncc6c7cnn(Cc8ccccc8)c(=O)c7n(C)c6c5=O)c4)cc3)c(=O)c2c2cnn(Cc3ccccc3)c(=O)c21. The van der Waals surface area contributed by atoms with Gasteiger partial charge in [0.25, 0.3) is 22.2 Å². The third kappa shape index (κ3) is 6.12. The molecule has 0 aliphatic carbocycles. The van der Waals surface area contributed by atoms with Gasteiger partial charge in [-0.25, -0.2) is 18.7 Å². The van der Waals surface area contributed by atoms with Crippen molar-refractivity contribution in [2.24, 2.45) is 14.1 Å². The summed E-state index contributed by atoms with van der Waals surface area (Å²) < 4.78 is 9.00. The summed E-state index contributed by atoms with van der Waals surface area (Å²) in [5.74, 6) is 0. The van der Waals surface area contributed by atoms with Crippen molar-refractivity contribution in [1.29, 1.82) is 0 Å². The maximum atomic E-state index is 13.9. The number of aromatic nitrogens is 10. The number of hydrogen-bond acceptors (Lipinski definition) is 8. The van der Waals surface area contributed by atoms with Gasteiger partial charge in [-0.2, -0.15) is 20.4 Å². The summed E-state index contributed by atoms with van der Waals surface area (Å²) in [6.07, 6.45) is 6.47. The molecule has 0 atom stereocenters. The average Bonchev–Trinajstić information content (AvgIpc) is 3.74. The molecule has 0 spiro atoms. The molecule has 6 heterocycles. The smallest absolute Gasteiger partial charge is 0.291 e. The van der Waals surface area contributed by atoms with Gasteiger partial charge in [-0.1, -0.05) is 103 Å². The minimum absolute atomic E-state index is 0.223. The summed E-state index contributed by atoms with van der Waals surface area (Å²) in [4.78, 5) is 54.9. The molecule has 0 bridgehead atoms. The maximum absolute atomic E-state index is 13.9. The van der Waals surface area contributed by atoms with Gasteiger partial charge in [0.05, 0.1) is 61.9 Å². The Morgan fingerprint density at radius 1 is 0.400 bits per heavy atom. The first-order chi connectivity index (χ1) is 29.2. The highest BCUT2D eigenvalue weighted by Gasteiger charge is 2.20. The van der Waals surface area contributed by atoms with E-state index in [1.807, 2.05) is 109 Å². The second-order valence-corrected chi connectivity index (χ2v) is 15.0. The molecule has 0 radical (unpaired) electrons. The van der Waals surface area contributed by atoms with Gasteiger partial charge in [-0.15, -0.1) is 0 Å². The van der Waals surface area contributed by atoms with Crippen LogP contribution in [0.15, 0.2) is 153 Å². The van der Waals surface area contributed by atoms with E-state index in [0.717, 1.165) is 33.4 Å². The first-order valence-corrected chi connectivity index (χ1v) is 19.4. The van der Waals surface area contributed by atoms with Crippen LogP contribution in [0, 0.1) is 0 Å². The Balaban J connectivity index is 0.897. The van der Waals surface area contributed by atoms with Gasteiger partial charge in [0.2, 0.25) is 0 Å². The largest absolute Gasteiger partial charge is 0.338 e. The Bertz CT molecular complexity index is 3540. The van der Waals surface area contributed by atoms with Crippen LogP contribution in [0.3, 0.4) is 0 Å². The van der Waals surface area contributed by atoms with Crippen LogP contribution in [0.5, 0.6) is 0 Å². The molecule has 14 heteroatoms. The number of aryl methyl sites for hydroxylation is 2. The van der Waals surface area contributed by atoms with Gasteiger partial charge >= 0.3 is 0 Å². The fraction of sp³-hybridized carbons (Fsp3) is 0.130. The van der Waals surface area contributed by atoms with E-state index in [0.29, 0.717) is 56.7 Å². The Morgan fingerprint density at radius 2 is 0.833 bits per heavy atom. The molecule has 6 aromatic heterocycles. The van der Waals surface area contributed by atoms with Crippen LogP contribution >= 0.6 is 0 Å². The summed E-state index contributed by atoms with van der Waals surface area (Å²) in [5.41, 5.74) is 6.11. The molecule has 0 saturated heterocycles. The number of hydrogen-bond donors (Lipinski definition) is 0. The van der Waals surface area contributed by atoms with Crippen LogP contribution in [-0.2, 0) is 40.3 Å². The lowest BCUT2D eigenvalue weighted by Crippen LogP contribution is -2.26. The zero-order chi connectivity index (χ0) is 41.1. The molecule has 0 saturated carbocycles. The zero-order valence-electron chi connectivity index (χ0n) is 32.6. The molecule has 10 aromatic rings. The van der Waals surface area contributed by atoms with E-state index >= 15 is 0 Å². The molecular weight excluding hydrogens is 757 g/mol. The first kappa shape index (κ1) is 36.3. The summed E-state index contributed by atoms with van der Waals surface area (Å²) in [5, 5.41) is 19.9. The summed E-state index contributed by atoms with van der Waals surface area (Å²) in [6.45, 7) is 1.09. The van der Waals surface area contributed by atoms with Gasteiger partial charge in [0.1, 0.15) is 16.6 Å². The van der Waals surface area contributed by atoms with Crippen LogP contribution < -0.4 is 22.2 Å². The van der Waals surface area contributed by atoms with Gasteiger partial charge in [0, 0.05) is 30.3 Å². The molecule has 0 fully saturated rings. The molecular formula is C46H36N10O4. The lowest BCUT2D eigenvalue weighted by Gasteiger charge is -2.09. The lowest BCUT2D eigenvalue weighted by molar-refractivity contribution is 0.641. The standard InChI is InChI=1S/C46H36N10O4/c1-51-38-24-50-53(43(57)39(38)37-23-49-55(46(60)42(37)51)26-30-12-7-4-8-13-30)27-31-16-18-33(19-17-31)34-15-9-14-32(20-34)28-56-45(59)41-36(22-48-56)35-21-47-54(44(58)40(35)52(41)2)25-29-10-5-3-6-11-29/h3-24H,25-28H2,1-2H3. The Hall–Kier alpha value is -8.00. The number of rotatable bonds is 9. The summed E-state index contributed by atoms with van der Waals surface area (Å²) in [6, 6.07) is 35.0. The van der Waals surface area contributed by atoms with Crippen molar-refractivity contribution < 1.29 is 0 Å². The lowest BCUT2D eigenvalue weighted by atomic mass is 10.0. The molecule has 0 aliphatic rings. The molecule has 10 rings (SSSR count). The van der Waals surface area contributed by atoms with E-state index in [2.05, 4.69) is 20.4 Å². The van der Waals surface area contributed by atoms with Crippen molar-refractivity contribution in [3.8, 4) is 11.1 Å². The third-order valence-corrected chi connectivity index (χ3v) is 11.2. The molecule has 0 N–H and O–H groups in total. The van der Waals surface area contributed by atoms with E-state index in [4.69, 9.17) is 0 Å². The van der Waals surface area contributed by atoms with Gasteiger partial charge in [-0.3, -0.25) is 19.2 Å². The van der Waals surface area contributed by atoms with Crippen LogP contribution in [0.1, 0.15) is 22.3 Å². The maximum Gasteiger partial charge on any atom is 0.291 e. The van der Waals surface area contributed by atoms with Crippen molar-refractivity contribution in [3.05, 3.63) is 198 Å². The number of nitrogens with zero attached hydrogens (tertiary/aromatic N) is 10. The van der Waals surface area contributed by atoms with E-state index in [-0.39, 0.29) is 35.3 Å². The van der Waals surface area contributed by atoms with Crippen molar-refractivity contribution in [3.63, 3.8) is 0 Å². The monoisotopic (exact) mass is 792 g/mol. The fourth-order valence-corrected chi connectivity index (χ4v) is 8.17. The minimum Gasteiger partial charge on any atom is -0.338 e. The molecule has 60 heavy (non-hydrogen) atoms. The third-order valence-electron chi connectivity index (χ3n) is 11.2. The zero-order valence-corrected chi connectivity index (χ0v) is 32.6. The average molecular weight is 793 g/mol. The van der Waals surface area contributed by atoms with Gasteiger partial charge < -0.3 is 9.13 Å². The van der Waals surface area contributed by atoms with Crippen molar-refractivity contribution >= 4 is 43.6 Å². The van der Waals surface area contributed by atoms with Crippen molar-refractivity contribution in [1.82, 2.24) is 48.3 Å². The molecule has 294 valence electrons. The number of fused-ring (bicyclic) bond motifs is 6. The Morgan fingerprint density at radius 3 is 1.38 bits per heavy atom. The van der Waals surface area contributed by atoms with Crippen molar-refractivity contribution in [2.45, 2.75) is 26.2 Å². The fourth-order valence-electron chi connectivity index (χ4n) is 8.17. The van der Waals surface area contributed by atoms with Crippen LogP contribution in [0.25, 0.3) is 54.7 Å². The van der Waals surface area contributed by atoms with Gasteiger partial charge in [-0.05, 0) is 39.4 Å². The first-order valence-electron chi connectivity index (χ1n) is 19.4. The predicted octanol–water partition coefficient (Wildman–Crippen LogP) is 5.06. The summed E-state index contributed by atoms with van der Waals surface area (Å²) >= 11 is 0. The van der Waals surface area contributed by atoms with Crippen molar-refractivity contribution in [2.75, 3.05) is 0 Å². The Kier molecular flexibility index (Phi) is 8.74. The Labute approximate surface area is 340 Å². The predicted molar refractivity (Wildman–Crippen MR) is 230 cm³/mol. The molecule has 0 unspecified atom stereocenters. The second-order valence-electron chi connectivity index (χ2n) is 15.0. The molecule has 0 amide bonds. The molecule has 14 nitrogen and oxygen atoms in total. The molecule has 4 aromatic carbocycles. The highest BCUT2D eigenvalue weighted by molar-refractivity contribution is 6.07. The number of benzene rings is 4. The van der Waals surface area contributed by atoms with Gasteiger partial charge in [0.15, 0.2) is 0 Å². The van der Waals surface area contributed by atoms with E-state index < -0.39 is 0 Å². The highest BCUT2D eigenvalue weighted by atomic mass is 16.1. The quantitative estimate of drug-likeness (QED) is 0.197. The topological polar surface area (TPSA) is 149 Å².